The van der Waals surface area contributed by atoms with Crippen molar-refractivity contribution in [2.45, 2.75) is 52.1 Å². The monoisotopic (exact) mass is 518 g/mol. The van der Waals surface area contributed by atoms with E-state index in [1.807, 2.05) is 0 Å². The predicted molar refractivity (Wildman–Crippen MR) is 134 cm³/mol. The van der Waals surface area contributed by atoms with Gasteiger partial charge in [-0.15, -0.1) is 6.42 Å². The number of hydrogen-bond acceptors (Lipinski definition) is 9. The second kappa shape index (κ2) is 21.2. The van der Waals surface area contributed by atoms with Crippen LogP contribution in [0.5, 0.6) is 0 Å². The van der Waals surface area contributed by atoms with Gasteiger partial charge in [0.15, 0.2) is 0 Å². The average Bonchev–Trinajstić information content (AvgIpc) is 2.83. The van der Waals surface area contributed by atoms with Gasteiger partial charge in [-0.25, -0.2) is 4.79 Å². The number of alkyl carbamates (subject to hydrolysis) is 1. The highest BCUT2D eigenvalue weighted by molar-refractivity contribution is 5.76. The molecule has 0 aromatic heterocycles. The maximum Gasteiger partial charge on any atom is 0.407 e. The number of ether oxygens (including phenoxy) is 5. The van der Waals surface area contributed by atoms with Gasteiger partial charge in [0, 0.05) is 24.9 Å². The van der Waals surface area contributed by atoms with Crippen molar-refractivity contribution in [2.75, 3.05) is 79.2 Å². The molecule has 0 saturated carbocycles. The topological polar surface area (TPSA) is 145 Å². The van der Waals surface area contributed by atoms with Crippen molar-refractivity contribution < 1.29 is 43.5 Å². The van der Waals surface area contributed by atoms with Gasteiger partial charge >= 0.3 is 6.09 Å². The molecule has 0 atom stereocenters. The maximum absolute atomic E-state index is 12.1. The molecule has 0 rings (SSSR count). The Morgan fingerprint density at radius 1 is 0.833 bits per heavy atom. The fourth-order valence-electron chi connectivity index (χ4n) is 2.87. The van der Waals surface area contributed by atoms with Gasteiger partial charge in [-0.3, -0.25) is 4.79 Å². The molecule has 0 bridgehead atoms. The molecular formula is C25H46N2O9. The molecule has 0 aromatic rings. The molecule has 0 saturated heterocycles. The van der Waals surface area contributed by atoms with E-state index in [1.54, 1.807) is 20.8 Å². The third-order valence-electron chi connectivity index (χ3n) is 4.91. The lowest BCUT2D eigenvalue weighted by Gasteiger charge is -2.30. The molecule has 0 radical (unpaired) electrons. The molecule has 11 heteroatoms. The summed E-state index contributed by atoms with van der Waals surface area (Å²) in [5.74, 6) is 2.14. The van der Waals surface area contributed by atoms with Crippen molar-refractivity contribution in [2.24, 2.45) is 5.41 Å². The number of aliphatic hydroxyl groups excluding tert-OH is 2. The number of terminal acetylenes is 1. The Kier molecular flexibility index (Phi) is 20.0. The van der Waals surface area contributed by atoms with E-state index in [0.29, 0.717) is 65.4 Å². The molecule has 0 aromatic carbocycles. The van der Waals surface area contributed by atoms with E-state index >= 15 is 0 Å². The summed E-state index contributed by atoms with van der Waals surface area (Å²) in [6.45, 7) is 8.44. The van der Waals surface area contributed by atoms with Crippen molar-refractivity contribution in [1.82, 2.24) is 10.6 Å². The first kappa shape index (κ1) is 34.1. The normalized spacial score (nSPS) is 11.7. The Labute approximate surface area is 215 Å². The molecule has 210 valence electrons. The lowest BCUT2D eigenvalue weighted by Crippen LogP contribution is -2.43. The van der Waals surface area contributed by atoms with Crippen LogP contribution in [0.25, 0.3) is 0 Å². The Morgan fingerprint density at radius 3 is 1.92 bits per heavy atom. The van der Waals surface area contributed by atoms with Gasteiger partial charge in [-0.05, 0) is 33.6 Å². The average molecular weight is 519 g/mol. The summed E-state index contributed by atoms with van der Waals surface area (Å²) in [4.78, 5) is 23.8. The lowest BCUT2D eigenvalue weighted by atomic mass is 9.84. The highest BCUT2D eigenvalue weighted by Gasteiger charge is 2.29. The van der Waals surface area contributed by atoms with Crippen molar-refractivity contribution in [1.29, 1.82) is 0 Å². The molecule has 0 unspecified atom stereocenters. The number of amides is 2. The van der Waals surface area contributed by atoms with Crippen molar-refractivity contribution in [3.05, 3.63) is 0 Å². The Bertz CT molecular complexity index is 614. The highest BCUT2D eigenvalue weighted by Crippen LogP contribution is 2.23. The number of unbranched alkanes of at least 4 members (excludes halogenated alkanes) is 1. The standard InChI is InChI=1S/C25H46N2O9/c1-5-11-32-13-15-34-17-18-35-16-14-33-12-8-22(30)27-19-25(20-28,21-29)9-6-7-10-26-23(31)36-24(2,3)4/h1,28-29H,6-21H2,2-4H3,(H,26,31)(H,27,30). The second-order valence-electron chi connectivity index (χ2n) is 9.32. The first-order valence-electron chi connectivity index (χ1n) is 12.4. The SMILES string of the molecule is C#CCOCCOCCOCCOCCC(=O)NCC(CO)(CO)CCCCNC(=O)OC(C)(C)C. The van der Waals surface area contributed by atoms with Gasteiger partial charge in [-0.2, -0.15) is 0 Å². The third-order valence-corrected chi connectivity index (χ3v) is 4.91. The summed E-state index contributed by atoms with van der Waals surface area (Å²) >= 11 is 0. The molecule has 4 N–H and O–H groups in total. The maximum atomic E-state index is 12.1. The van der Waals surface area contributed by atoms with Crippen LogP contribution in [0.15, 0.2) is 0 Å². The molecule has 0 spiro atoms. The molecule has 0 fully saturated rings. The summed E-state index contributed by atoms with van der Waals surface area (Å²) in [6, 6.07) is 0. The zero-order valence-electron chi connectivity index (χ0n) is 22.1. The zero-order chi connectivity index (χ0) is 27.1. The molecule has 0 aliphatic heterocycles. The zero-order valence-corrected chi connectivity index (χ0v) is 22.1. The van der Waals surface area contributed by atoms with Gasteiger partial charge in [0.25, 0.3) is 0 Å². The molecule has 36 heavy (non-hydrogen) atoms. The van der Waals surface area contributed by atoms with Crippen molar-refractivity contribution >= 4 is 12.0 Å². The van der Waals surface area contributed by atoms with Crippen LogP contribution in [0, 0.1) is 17.8 Å². The highest BCUT2D eigenvalue weighted by atomic mass is 16.6. The van der Waals surface area contributed by atoms with Crippen molar-refractivity contribution in [3.8, 4) is 12.3 Å². The lowest BCUT2D eigenvalue weighted by molar-refractivity contribution is -0.123. The van der Waals surface area contributed by atoms with E-state index < -0.39 is 17.1 Å². The van der Waals surface area contributed by atoms with Gasteiger partial charge in [0.05, 0.1) is 59.5 Å². The Balaban J connectivity index is 3.85. The quantitative estimate of drug-likeness (QED) is 0.121. The van der Waals surface area contributed by atoms with Gasteiger partial charge in [0.2, 0.25) is 5.91 Å². The molecule has 11 nitrogen and oxygen atoms in total. The minimum absolute atomic E-state index is 0.148. The molecule has 0 aliphatic carbocycles. The summed E-state index contributed by atoms with van der Waals surface area (Å²) in [5, 5.41) is 25.0. The fraction of sp³-hybridized carbons (Fsp3) is 0.840. The summed E-state index contributed by atoms with van der Waals surface area (Å²) in [7, 11) is 0. The summed E-state index contributed by atoms with van der Waals surface area (Å²) in [6.07, 6.45) is 6.54. The van der Waals surface area contributed by atoms with Crippen LogP contribution in [0.2, 0.25) is 0 Å². The van der Waals surface area contributed by atoms with Crippen molar-refractivity contribution in [3.63, 3.8) is 0 Å². The minimum Gasteiger partial charge on any atom is -0.444 e. The molecular weight excluding hydrogens is 472 g/mol. The van der Waals surface area contributed by atoms with E-state index in [4.69, 9.17) is 30.1 Å². The molecule has 0 aliphatic rings. The smallest absolute Gasteiger partial charge is 0.407 e. The van der Waals surface area contributed by atoms with Crippen LogP contribution in [0.1, 0.15) is 46.5 Å². The summed E-state index contributed by atoms with van der Waals surface area (Å²) < 4.78 is 26.3. The summed E-state index contributed by atoms with van der Waals surface area (Å²) in [5.41, 5.74) is -1.38. The minimum atomic E-state index is -0.828. The first-order chi connectivity index (χ1) is 17.2. The number of nitrogens with one attached hydrogen (secondary N) is 2. The van der Waals surface area contributed by atoms with Gasteiger partial charge in [-0.1, -0.05) is 12.3 Å². The predicted octanol–water partition coefficient (Wildman–Crippen LogP) is 0.858. The number of carbonyl (C=O) groups is 2. The van der Waals surface area contributed by atoms with Crippen LogP contribution >= 0.6 is 0 Å². The Hall–Kier alpha value is -1.94. The number of carbonyl (C=O) groups excluding carboxylic acids is 2. The van der Waals surface area contributed by atoms with Crippen LogP contribution < -0.4 is 10.6 Å². The van der Waals surface area contributed by atoms with Crippen LogP contribution in [-0.4, -0.2) is 107 Å². The van der Waals surface area contributed by atoms with E-state index in [2.05, 4.69) is 16.6 Å². The second-order valence-corrected chi connectivity index (χ2v) is 9.32. The van der Waals surface area contributed by atoms with E-state index in [-0.39, 0.29) is 45.3 Å². The van der Waals surface area contributed by atoms with E-state index in [0.717, 1.165) is 0 Å². The number of hydrogen-bond donors (Lipinski definition) is 4. The molecule has 2 amide bonds. The van der Waals surface area contributed by atoms with Crippen LogP contribution in [0.3, 0.4) is 0 Å². The Morgan fingerprint density at radius 2 is 1.39 bits per heavy atom. The van der Waals surface area contributed by atoms with Crippen LogP contribution in [-0.2, 0) is 28.5 Å². The number of rotatable bonds is 22. The largest absolute Gasteiger partial charge is 0.444 e. The van der Waals surface area contributed by atoms with Gasteiger partial charge in [0.1, 0.15) is 12.2 Å². The van der Waals surface area contributed by atoms with Crippen LogP contribution in [0.4, 0.5) is 4.79 Å². The first-order valence-corrected chi connectivity index (χ1v) is 12.4. The van der Waals surface area contributed by atoms with E-state index in [1.165, 1.54) is 0 Å². The van der Waals surface area contributed by atoms with Gasteiger partial charge < -0.3 is 44.5 Å². The number of aliphatic hydroxyl groups is 2. The third kappa shape index (κ3) is 20.3. The van der Waals surface area contributed by atoms with E-state index in [9.17, 15) is 19.8 Å². The molecule has 0 heterocycles. The fourth-order valence-corrected chi connectivity index (χ4v) is 2.87.